The quantitative estimate of drug-likeness (QED) is 0.165. The number of hydrogen-bond acceptors (Lipinski definition) is 5. The summed E-state index contributed by atoms with van der Waals surface area (Å²) >= 11 is 0. The molecule has 0 saturated heterocycles. The predicted molar refractivity (Wildman–Crippen MR) is 126 cm³/mol. The molecule has 0 fully saturated rings. The summed E-state index contributed by atoms with van der Waals surface area (Å²) in [6.45, 7) is 1.44. The second-order valence-electron chi connectivity index (χ2n) is 6.76. The zero-order chi connectivity index (χ0) is 19.5. The minimum Gasteiger partial charge on any atom is -0.506 e. The van der Waals surface area contributed by atoms with E-state index in [0.717, 1.165) is 16.8 Å². The number of nitrogens with two attached hydrogens (primary N) is 1. The number of aromatic nitrogens is 1. The molecule has 0 aliphatic carbocycles. The van der Waals surface area contributed by atoms with Gasteiger partial charge in [0.15, 0.2) is 0 Å². The van der Waals surface area contributed by atoms with Crippen molar-refractivity contribution in [2.75, 3.05) is 25.4 Å². The van der Waals surface area contributed by atoms with Crippen molar-refractivity contribution in [2.24, 2.45) is 0 Å². The van der Waals surface area contributed by atoms with Gasteiger partial charge in [0.2, 0.25) is 0 Å². The molecule has 160 valence electrons. The van der Waals surface area contributed by atoms with E-state index in [1.54, 1.807) is 12.1 Å². The summed E-state index contributed by atoms with van der Waals surface area (Å²) in [6.07, 6.45) is -0.703. The van der Waals surface area contributed by atoms with Crippen LogP contribution in [-0.2, 0) is 0 Å². The van der Waals surface area contributed by atoms with E-state index in [-0.39, 0.29) is 36.3 Å². The minimum atomic E-state index is -0.703. The molecule has 0 spiro atoms. The summed E-state index contributed by atoms with van der Waals surface area (Å²) in [4.78, 5) is 3.40. The van der Waals surface area contributed by atoms with Gasteiger partial charge in [-0.1, -0.05) is 24.3 Å². The number of H-pyrrole nitrogens is 1. The molecule has 6 nitrogen and oxygen atoms in total. The fourth-order valence-corrected chi connectivity index (χ4v) is 3.30. The number of phenolic OH excluding ortho intramolecular Hbond substituents is 1. The summed E-state index contributed by atoms with van der Waals surface area (Å²) in [7, 11) is 0. The molecule has 0 radical (unpaired) electrons. The van der Waals surface area contributed by atoms with Crippen molar-refractivity contribution in [3.63, 3.8) is 0 Å². The third-order valence-corrected chi connectivity index (χ3v) is 4.80. The van der Waals surface area contributed by atoms with Crippen molar-refractivity contribution in [1.82, 2.24) is 10.3 Å². The van der Waals surface area contributed by atoms with Crippen LogP contribution in [0.4, 0.5) is 5.69 Å². The number of rotatable bonds is 7. The first-order valence-electron chi connectivity index (χ1n) is 9.22. The van der Waals surface area contributed by atoms with E-state index in [2.05, 4.69) is 28.5 Å². The van der Waals surface area contributed by atoms with Crippen molar-refractivity contribution in [1.29, 1.82) is 0 Å². The van der Waals surface area contributed by atoms with Crippen molar-refractivity contribution in [2.45, 2.75) is 6.10 Å². The molecule has 0 aliphatic heterocycles. The Kier molecular flexibility index (Phi) is 8.20. The number of halogens is 2. The van der Waals surface area contributed by atoms with Gasteiger partial charge in [-0.15, -0.1) is 24.8 Å². The number of aromatic hydroxyl groups is 1. The highest BCUT2D eigenvalue weighted by atomic mass is 35.5. The van der Waals surface area contributed by atoms with Crippen molar-refractivity contribution < 1.29 is 14.9 Å². The maximum absolute atomic E-state index is 10.2. The van der Waals surface area contributed by atoms with Gasteiger partial charge in [0.1, 0.15) is 18.1 Å². The standard InChI is InChI=1S/C22H23N3O3.2ClH/c23-18-11-14(5-8-21(18)26)22(27)13-24-9-10-28-15-6-7-17-16-3-1-2-4-19(16)25-20(17)12-15;;/h1-8,11-12,22,24-27H,9-10,13,23H2;2*1H. The first-order chi connectivity index (χ1) is 13.6. The van der Waals surface area contributed by atoms with Crippen LogP contribution in [0, 0.1) is 0 Å². The lowest BCUT2D eigenvalue weighted by atomic mass is 10.1. The number of phenols is 1. The molecular weight excluding hydrogens is 425 g/mol. The van der Waals surface area contributed by atoms with Crippen molar-refractivity contribution >= 4 is 52.3 Å². The molecule has 1 aromatic heterocycles. The number of benzene rings is 3. The van der Waals surface area contributed by atoms with Gasteiger partial charge in [-0.05, 0) is 35.9 Å². The van der Waals surface area contributed by atoms with Gasteiger partial charge in [-0.2, -0.15) is 0 Å². The molecule has 6 N–H and O–H groups in total. The summed E-state index contributed by atoms with van der Waals surface area (Å²) in [6, 6.07) is 19.0. The smallest absolute Gasteiger partial charge is 0.138 e. The van der Waals surface area contributed by atoms with Crippen LogP contribution in [0.5, 0.6) is 11.5 Å². The Morgan fingerprint density at radius 2 is 1.73 bits per heavy atom. The first-order valence-corrected chi connectivity index (χ1v) is 9.22. The van der Waals surface area contributed by atoms with E-state index < -0.39 is 6.10 Å². The molecule has 0 aliphatic rings. The molecule has 0 bridgehead atoms. The Morgan fingerprint density at radius 3 is 2.53 bits per heavy atom. The number of ether oxygens (including phenoxy) is 1. The topological polar surface area (TPSA) is 104 Å². The van der Waals surface area contributed by atoms with E-state index in [4.69, 9.17) is 10.5 Å². The molecule has 0 saturated carbocycles. The highest BCUT2D eigenvalue weighted by molar-refractivity contribution is 6.07. The molecule has 30 heavy (non-hydrogen) atoms. The number of para-hydroxylation sites is 1. The zero-order valence-electron chi connectivity index (χ0n) is 16.2. The van der Waals surface area contributed by atoms with Crippen LogP contribution in [0.25, 0.3) is 21.8 Å². The number of nitrogens with one attached hydrogen (secondary N) is 2. The Hall–Kier alpha value is -2.64. The van der Waals surface area contributed by atoms with E-state index in [1.165, 1.54) is 16.8 Å². The van der Waals surface area contributed by atoms with Gasteiger partial charge in [-0.25, -0.2) is 0 Å². The second-order valence-corrected chi connectivity index (χ2v) is 6.76. The summed E-state index contributed by atoms with van der Waals surface area (Å²) in [5, 5.41) is 25.2. The summed E-state index contributed by atoms with van der Waals surface area (Å²) in [5.41, 5.74) is 8.74. The minimum absolute atomic E-state index is 0. The van der Waals surface area contributed by atoms with E-state index in [9.17, 15) is 10.2 Å². The van der Waals surface area contributed by atoms with Crippen LogP contribution in [0.1, 0.15) is 11.7 Å². The third kappa shape index (κ3) is 5.09. The largest absolute Gasteiger partial charge is 0.506 e. The van der Waals surface area contributed by atoms with Gasteiger partial charge in [0.25, 0.3) is 0 Å². The van der Waals surface area contributed by atoms with Crippen molar-refractivity contribution in [3.8, 4) is 11.5 Å². The molecule has 4 rings (SSSR count). The maximum Gasteiger partial charge on any atom is 0.138 e. The van der Waals surface area contributed by atoms with Gasteiger partial charge in [0, 0.05) is 35.4 Å². The van der Waals surface area contributed by atoms with Gasteiger partial charge >= 0.3 is 0 Å². The average Bonchev–Trinajstić information content (AvgIpc) is 3.07. The van der Waals surface area contributed by atoms with Crippen LogP contribution in [0.15, 0.2) is 60.7 Å². The molecule has 1 unspecified atom stereocenters. The number of aliphatic hydroxyl groups excluding tert-OH is 1. The number of aromatic amines is 1. The van der Waals surface area contributed by atoms with Gasteiger partial charge < -0.3 is 31.0 Å². The molecule has 0 amide bonds. The summed E-state index contributed by atoms with van der Waals surface area (Å²) < 4.78 is 5.82. The predicted octanol–water partition coefficient (Wildman–Crippen LogP) is 4.15. The zero-order valence-corrected chi connectivity index (χ0v) is 17.8. The third-order valence-electron chi connectivity index (χ3n) is 4.80. The number of nitrogen functional groups attached to an aromatic ring is 1. The fourth-order valence-electron chi connectivity index (χ4n) is 3.30. The fraction of sp³-hybridized carbons (Fsp3) is 0.182. The Morgan fingerprint density at radius 1 is 0.967 bits per heavy atom. The monoisotopic (exact) mass is 449 g/mol. The van der Waals surface area contributed by atoms with E-state index in [0.29, 0.717) is 25.3 Å². The summed E-state index contributed by atoms with van der Waals surface area (Å²) in [5.74, 6) is 0.817. The van der Waals surface area contributed by atoms with Crippen LogP contribution in [0.2, 0.25) is 0 Å². The number of anilines is 1. The lowest BCUT2D eigenvalue weighted by Crippen LogP contribution is -2.26. The lowest BCUT2D eigenvalue weighted by molar-refractivity contribution is 0.172. The van der Waals surface area contributed by atoms with E-state index in [1.807, 2.05) is 24.3 Å². The Bertz CT molecular complexity index is 1120. The Labute approximate surface area is 186 Å². The van der Waals surface area contributed by atoms with Crippen LogP contribution in [0.3, 0.4) is 0 Å². The second kappa shape index (κ2) is 10.4. The molecule has 8 heteroatoms. The highest BCUT2D eigenvalue weighted by Crippen LogP contribution is 2.28. The van der Waals surface area contributed by atoms with Crippen LogP contribution < -0.4 is 15.8 Å². The van der Waals surface area contributed by atoms with Crippen LogP contribution in [-0.4, -0.2) is 34.9 Å². The average molecular weight is 450 g/mol. The van der Waals surface area contributed by atoms with Gasteiger partial charge in [-0.3, -0.25) is 0 Å². The molecular formula is C22H25Cl2N3O3. The van der Waals surface area contributed by atoms with E-state index >= 15 is 0 Å². The van der Waals surface area contributed by atoms with Crippen LogP contribution >= 0.6 is 24.8 Å². The first kappa shape index (κ1) is 23.6. The maximum atomic E-state index is 10.2. The number of fused-ring (bicyclic) bond motifs is 3. The molecule has 3 aromatic carbocycles. The molecule has 4 aromatic rings. The van der Waals surface area contributed by atoms with Crippen molar-refractivity contribution in [3.05, 3.63) is 66.2 Å². The normalized spacial score (nSPS) is 11.6. The SMILES string of the molecule is Cl.Cl.Nc1cc(C(O)CNCCOc2ccc3c(c2)[nH]c2ccccc23)ccc1O. The Balaban J connectivity index is 0.00000160. The number of aliphatic hydroxyl groups is 1. The number of hydrogen-bond donors (Lipinski definition) is 5. The molecule has 1 heterocycles. The lowest BCUT2D eigenvalue weighted by Gasteiger charge is -2.13. The van der Waals surface area contributed by atoms with Gasteiger partial charge in [0.05, 0.1) is 17.3 Å². The molecule has 1 atom stereocenters. The highest BCUT2D eigenvalue weighted by Gasteiger charge is 2.09.